The molecule has 0 aromatic heterocycles. The number of phenolic OH excluding ortho intramolecular Hbond substituents is 1. The van der Waals surface area contributed by atoms with Gasteiger partial charge in [0.2, 0.25) is 17.7 Å². The van der Waals surface area contributed by atoms with E-state index in [0.29, 0.717) is 12.0 Å². The Labute approximate surface area is 211 Å². The lowest BCUT2D eigenvalue weighted by atomic mass is 10.0. The summed E-state index contributed by atoms with van der Waals surface area (Å²) >= 11 is 0. The number of aliphatic carboxylic acids is 3. The molecule has 0 bridgehead atoms. The molecule has 1 heterocycles. The lowest BCUT2D eigenvalue weighted by Gasteiger charge is -2.28. The zero-order chi connectivity index (χ0) is 27.7. The van der Waals surface area contributed by atoms with Gasteiger partial charge in [0.15, 0.2) is 0 Å². The van der Waals surface area contributed by atoms with Crippen molar-refractivity contribution < 1.29 is 49.2 Å². The summed E-state index contributed by atoms with van der Waals surface area (Å²) in [4.78, 5) is 73.4. The number of carbonyl (C=O) groups excluding carboxylic acids is 3. The number of phenols is 1. The molecule has 0 aliphatic carbocycles. The second-order valence-corrected chi connectivity index (χ2v) is 8.66. The maximum atomic E-state index is 12.9. The second kappa shape index (κ2) is 13.2. The minimum absolute atomic E-state index is 0.0359. The largest absolute Gasteiger partial charge is 0.508 e. The minimum Gasteiger partial charge on any atom is -0.508 e. The van der Waals surface area contributed by atoms with Gasteiger partial charge in [0, 0.05) is 19.4 Å². The van der Waals surface area contributed by atoms with Crippen molar-refractivity contribution in [2.75, 3.05) is 6.54 Å². The Kier molecular flexibility index (Phi) is 10.4. The number of benzene rings is 1. The SMILES string of the molecule is NC(CCC(=O)O)C(=O)N1CCCC1C(=O)NC(CC(=O)O)C(=O)NC(Cc1ccc(O)cc1)C(=O)O. The molecule has 1 aromatic rings. The van der Waals surface area contributed by atoms with Gasteiger partial charge in [0.25, 0.3) is 0 Å². The second-order valence-electron chi connectivity index (χ2n) is 8.66. The van der Waals surface area contributed by atoms with Crippen LogP contribution in [0.1, 0.15) is 37.7 Å². The zero-order valence-corrected chi connectivity index (χ0v) is 19.8. The topological polar surface area (TPSA) is 237 Å². The Hall–Kier alpha value is -4.20. The highest BCUT2D eigenvalue weighted by Crippen LogP contribution is 2.20. The third-order valence-electron chi connectivity index (χ3n) is 5.83. The fourth-order valence-electron chi connectivity index (χ4n) is 3.91. The first kappa shape index (κ1) is 29.0. The van der Waals surface area contributed by atoms with Gasteiger partial charge in [-0.1, -0.05) is 12.1 Å². The summed E-state index contributed by atoms with van der Waals surface area (Å²) < 4.78 is 0. The van der Waals surface area contributed by atoms with Gasteiger partial charge in [-0.25, -0.2) is 4.79 Å². The Balaban J connectivity index is 2.10. The van der Waals surface area contributed by atoms with E-state index in [0.717, 1.165) is 0 Å². The number of carboxylic acids is 3. The molecule has 14 nitrogen and oxygen atoms in total. The zero-order valence-electron chi connectivity index (χ0n) is 19.8. The van der Waals surface area contributed by atoms with E-state index in [1.165, 1.54) is 29.2 Å². The van der Waals surface area contributed by atoms with Crippen molar-refractivity contribution in [2.24, 2.45) is 5.73 Å². The number of hydrogen-bond donors (Lipinski definition) is 7. The van der Waals surface area contributed by atoms with E-state index in [1.807, 2.05) is 0 Å². The number of likely N-dealkylation sites (tertiary alicyclic amines) is 1. The highest BCUT2D eigenvalue weighted by atomic mass is 16.4. The van der Waals surface area contributed by atoms with Crippen molar-refractivity contribution in [3.8, 4) is 5.75 Å². The Morgan fingerprint density at radius 2 is 1.62 bits per heavy atom. The molecule has 0 radical (unpaired) electrons. The van der Waals surface area contributed by atoms with Crippen molar-refractivity contribution in [1.82, 2.24) is 15.5 Å². The highest BCUT2D eigenvalue weighted by Gasteiger charge is 2.38. The van der Waals surface area contributed by atoms with Gasteiger partial charge in [0.1, 0.15) is 23.9 Å². The molecular weight excluding hydrogens is 492 g/mol. The van der Waals surface area contributed by atoms with Crippen LogP contribution in [0.2, 0.25) is 0 Å². The van der Waals surface area contributed by atoms with Crippen molar-refractivity contribution in [1.29, 1.82) is 0 Å². The van der Waals surface area contributed by atoms with E-state index in [2.05, 4.69) is 10.6 Å². The van der Waals surface area contributed by atoms with Gasteiger partial charge in [-0.3, -0.25) is 24.0 Å². The van der Waals surface area contributed by atoms with Crippen LogP contribution in [0, 0.1) is 0 Å². The molecule has 3 amide bonds. The maximum Gasteiger partial charge on any atom is 0.326 e. The molecule has 14 heteroatoms. The third kappa shape index (κ3) is 8.75. The van der Waals surface area contributed by atoms with E-state index in [1.54, 1.807) is 0 Å². The number of nitrogens with zero attached hydrogens (tertiary/aromatic N) is 1. The number of hydrogen-bond acceptors (Lipinski definition) is 8. The molecule has 1 saturated heterocycles. The van der Waals surface area contributed by atoms with E-state index >= 15 is 0 Å². The number of aromatic hydroxyl groups is 1. The normalized spacial score (nSPS) is 17.3. The van der Waals surface area contributed by atoms with Crippen LogP contribution in [0.5, 0.6) is 5.75 Å². The lowest BCUT2D eigenvalue weighted by molar-refractivity contribution is -0.145. The number of amides is 3. The molecule has 1 aliphatic heterocycles. The van der Waals surface area contributed by atoms with Crippen molar-refractivity contribution >= 4 is 35.6 Å². The molecule has 1 aliphatic rings. The van der Waals surface area contributed by atoms with Crippen molar-refractivity contribution in [3.63, 3.8) is 0 Å². The predicted molar refractivity (Wildman–Crippen MR) is 125 cm³/mol. The van der Waals surface area contributed by atoms with E-state index in [-0.39, 0.29) is 38.0 Å². The summed E-state index contributed by atoms with van der Waals surface area (Å²) in [7, 11) is 0. The summed E-state index contributed by atoms with van der Waals surface area (Å²) in [5, 5.41) is 41.4. The predicted octanol–water partition coefficient (Wildman–Crippen LogP) is -1.35. The van der Waals surface area contributed by atoms with Gasteiger partial charge in [-0.15, -0.1) is 0 Å². The van der Waals surface area contributed by atoms with Gasteiger partial charge in [-0.05, 0) is 37.0 Å². The van der Waals surface area contributed by atoms with Crippen molar-refractivity contribution in [3.05, 3.63) is 29.8 Å². The molecule has 4 unspecified atom stereocenters. The first-order chi connectivity index (χ1) is 17.4. The molecule has 1 fully saturated rings. The fraction of sp³-hybridized carbons (Fsp3) is 0.478. The summed E-state index contributed by atoms with van der Waals surface area (Å²) in [6, 6.07) is 0.296. The maximum absolute atomic E-state index is 12.9. The van der Waals surface area contributed by atoms with Crippen molar-refractivity contribution in [2.45, 2.75) is 62.7 Å². The number of nitrogens with one attached hydrogen (secondary N) is 2. The Bertz CT molecular complexity index is 1030. The summed E-state index contributed by atoms with van der Waals surface area (Å²) in [5.41, 5.74) is 6.26. The molecule has 202 valence electrons. The monoisotopic (exact) mass is 522 g/mol. The van der Waals surface area contributed by atoms with Gasteiger partial charge < -0.3 is 41.7 Å². The minimum atomic E-state index is -1.63. The standard InChI is InChI=1S/C23H30N4O10/c24-14(7-8-18(29)30)22(35)27-9-1-2-17(27)21(34)25-15(11-19(31)32)20(33)26-16(23(36)37)10-12-3-5-13(28)6-4-12/h3-6,14-17,28H,1-2,7-11,24H2,(H,25,34)(H,26,33)(H,29,30)(H,31,32)(H,36,37). The number of carboxylic acid groups (broad SMARTS) is 3. The summed E-state index contributed by atoms with van der Waals surface area (Å²) in [6.45, 7) is 0.168. The van der Waals surface area contributed by atoms with Crippen LogP contribution in [0.15, 0.2) is 24.3 Å². The number of carbonyl (C=O) groups is 6. The Morgan fingerprint density at radius 1 is 0.973 bits per heavy atom. The molecule has 1 aromatic carbocycles. The van der Waals surface area contributed by atoms with E-state index < -0.39 is 66.2 Å². The van der Waals surface area contributed by atoms with Crippen LogP contribution in [0.25, 0.3) is 0 Å². The van der Waals surface area contributed by atoms with Gasteiger partial charge >= 0.3 is 17.9 Å². The molecule has 37 heavy (non-hydrogen) atoms. The molecule has 4 atom stereocenters. The van der Waals surface area contributed by atoms with Crippen LogP contribution in [0.3, 0.4) is 0 Å². The average molecular weight is 523 g/mol. The first-order valence-corrected chi connectivity index (χ1v) is 11.5. The first-order valence-electron chi connectivity index (χ1n) is 11.5. The highest BCUT2D eigenvalue weighted by molar-refractivity contribution is 5.96. The van der Waals surface area contributed by atoms with Crippen LogP contribution < -0.4 is 16.4 Å². The molecule has 0 spiro atoms. The van der Waals surface area contributed by atoms with E-state index in [4.69, 9.17) is 10.8 Å². The third-order valence-corrected chi connectivity index (χ3v) is 5.83. The molecular formula is C23H30N4O10. The van der Waals surface area contributed by atoms with E-state index in [9.17, 15) is 44.1 Å². The molecule has 2 rings (SSSR count). The lowest BCUT2D eigenvalue weighted by Crippen LogP contribution is -2.57. The van der Waals surface area contributed by atoms with Crippen LogP contribution >= 0.6 is 0 Å². The van der Waals surface area contributed by atoms with Crippen LogP contribution in [-0.2, 0) is 35.2 Å². The molecule has 8 N–H and O–H groups in total. The summed E-state index contributed by atoms with van der Waals surface area (Å²) in [6.07, 6.45) is -0.855. The van der Waals surface area contributed by atoms with Crippen LogP contribution in [0.4, 0.5) is 0 Å². The smallest absolute Gasteiger partial charge is 0.326 e. The molecule has 0 saturated carbocycles. The fourth-order valence-corrected chi connectivity index (χ4v) is 3.91. The van der Waals surface area contributed by atoms with Gasteiger partial charge in [-0.2, -0.15) is 0 Å². The number of rotatable bonds is 13. The van der Waals surface area contributed by atoms with Crippen LogP contribution in [-0.4, -0.2) is 91.7 Å². The quantitative estimate of drug-likeness (QED) is 0.160. The Morgan fingerprint density at radius 3 is 2.19 bits per heavy atom. The van der Waals surface area contributed by atoms with Gasteiger partial charge in [0.05, 0.1) is 12.5 Å². The summed E-state index contributed by atoms with van der Waals surface area (Å²) in [5.74, 6) is -6.50. The average Bonchev–Trinajstić information content (AvgIpc) is 3.32. The number of nitrogens with two attached hydrogens (primary N) is 1.